The number of allylic oxidation sites excluding steroid dienone is 10. The third-order valence-electron chi connectivity index (χ3n) is 9.55. The smallest absolute Gasteiger partial charge is 0.302 e. The fourth-order valence-electron chi connectivity index (χ4n) is 7.65. The Balaban J connectivity index is 1.33. The van der Waals surface area contributed by atoms with Crippen molar-refractivity contribution >= 4 is 5.97 Å². The summed E-state index contributed by atoms with van der Waals surface area (Å²) in [7, 11) is 0. The maximum absolute atomic E-state index is 11.4. The van der Waals surface area contributed by atoms with E-state index in [1.54, 1.807) is 6.92 Å². The van der Waals surface area contributed by atoms with Crippen LogP contribution in [0.15, 0.2) is 101 Å². The molecule has 0 aromatic rings. The van der Waals surface area contributed by atoms with Gasteiger partial charge in [-0.2, -0.15) is 0 Å². The molecule has 2 saturated carbocycles. The molecule has 0 aromatic carbocycles. The van der Waals surface area contributed by atoms with Gasteiger partial charge in [-0.1, -0.05) is 70.2 Å². The maximum atomic E-state index is 11.4. The first kappa shape index (κ1) is 34.7. The molecular weight excluding hydrogens is 564 g/mol. The molecule has 6 nitrogen and oxygen atoms in total. The Morgan fingerprint density at radius 2 is 1.62 bits per heavy atom. The first-order valence-electron chi connectivity index (χ1n) is 16.1. The zero-order valence-electron chi connectivity index (χ0n) is 28.6. The molecule has 5 atom stereocenters. The predicted molar refractivity (Wildman–Crippen MR) is 179 cm³/mol. The van der Waals surface area contributed by atoms with Gasteiger partial charge in [-0.15, -0.1) is 5.73 Å². The van der Waals surface area contributed by atoms with Gasteiger partial charge in [0.25, 0.3) is 0 Å². The summed E-state index contributed by atoms with van der Waals surface area (Å²) in [6, 6.07) is 0. The van der Waals surface area contributed by atoms with Crippen LogP contribution in [0.3, 0.4) is 0 Å². The summed E-state index contributed by atoms with van der Waals surface area (Å²) in [5, 5.41) is 21.4. The molecule has 0 bridgehead atoms. The van der Waals surface area contributed by atoms with Crippen LogP contribution >= 0.6 is 0 Å². The fourth-order valence-corrected chi connectivity index (χ4v) is 7.65. The predicted octanol–water partition coefficient (Wildman–Crippen LogP) is 7.68. The molecule has 0 spiro atoms. The first-order chi connectivity index (χ1) is 20.9. The van der Waals surface area contributed by atoms with E-state index in [1.165, 1.54) is 6.92 Å². The van der Waals surface area contributed by atoms with E-state index in [0.717, 1.165) is 34.5 Å². The van der Waals surface area contributed by atoms with Gasteiger partial charge in [0.15, 0.2) is 0 Å². The third-order valence-corrected chi connectivity index (χ3v) is 9.55. The number of esters is 1. The first-order valence-corrected chi connectivity index (χ1v) is 16.1. The highest BCUT2D eigenvalue weighted by Crippen LogP contribution is 2.66. The molecule has 0 amide bonds. The average Bonchev–Trinajstić information content (AvgIpc) is 3.26. The standard InChI is InChI=1S/C39H52O6/c1-27(16-17-34-35(4,5)24-33(44-29(3)40)25-37(34,8)42)14-12-10-11-13-15-28(2)20-32-21-30(26-43-32)18-19-39-36(6,7)22-31(41)23-38(39,9)45-39/h10-16,18-21,31,33,41-42H,22-26H2,1-9H3/b12-10+,13-11+,19-18+,27-14+,28-15+,32-20-/t17?,31-,33-,37+,38+,39-/m0/s1. The van der Waals surface area contributed by atoms with Gasteiger partial charge in [-0.3, -0.25) is 4.79 Å². The van der Waals surface area contributed by atoms with Crippen LogP contribution in [0.4, 0.5) is 0 Å². The lowest BCUT2D eigenvalue weighted by atomic mass is 9.63. The van der Waals surface area contributed by atoms with E-state index >= 15 is 0 Å². The molecule has 6 heteroatoms. The van der Waals surface area contributed by atoms with Gasteiger partial charge in [0.1, 0.15) is 29.7 Å². The number of ether oxygens (including phenoxy) is 3. The molecule has 0 unspecified atom stereocenters. The number of aliphatic hydroxyl groups is 2. The lowest BCUT2D eigenvalue weighted by Gasteiger charge is -2.44. The van der Waals surface area contributed by atoms with Gasteiger partial charge in [0.2, 0.25) is 0 Å². The van der Waals surface area contributed by atoms with E-state index in [4.69, 9.17) is 14.2 Å². The van der Waals surface area contributed by atoms with Crippen LogP contribution in [-0.2, 0) is 19.0 Å². The highest BCUT2D eigenvalue weighted by Gasteiger charge is 2.74. The molecule has 2 N–H and O–H groups in total. The van der Waals surface area contributed by atoms with Crippen LogP contribution < -0.4 is 0 Å². The van der Waals surface area contributed by atoms with Crippen LogP contribution in [0.5, 0.6) is 0 Å². The maximum Gasteiger partial charge on any atom is 0.302 e. The third kappa shape index (κ3) is 7.99. The molecule has 244 valence electrons. The lowest BCUT2D eigenvalue weighted by Crippen LogP contribution is -2.46. The largest absolute Gasteiger partial charge is 0.489 e. The second kappa shape index (κ2) is 12.9. The van der Waals surface area contributed by atoms with Crippen LogP contribution in [0, 0.1) is 10.8 Å². The second-order valence-electron chi connectivity index (χ2n) is 15.0. The molecule has 0 radical (unpaired) electrons. The monoisotopic (exact) mass is 616 g/mol. The van der Waals surface area contributed by atoms with Gasteiger partial charge < -0.3 is 24.4 Å². The molecule has 2 aliphatic heterocycles. The summed E-state index contributed by atoms with van der Waals surface area (Å²) < 4.78 is 17.6. The molecule has 2 heterocycles. The number of fused-ring (bicyclic) bond motifs is 1. The quantitative estimate of drug-likeness (QED) is 0.126. The molecule has 3 fully saturated rings. The van der Waals surface area contributed by atoms with E-state index in [1.807, 2.05) is 62.5 Å². The minimum Gasteiger partial charge on any atom is -0.489 e. The summed E-state index contributed by atoms with van der Waals surface area (Å²) in [5.74, 6) is 0.516. The summed E-state index contributed by atoms with van der Waals surface area (Å²) in [4.78, 5) is 11.4. The van der Waals surface area contributed by atoms with Crippen molar-refractivity contribution in [2.45, 2.75) is 117 Å². The Morgan fingerprint density at radius 1 is 0.956 bits per heavy atom. The highest BCUT2D eigenvalue weighted by molar-refractivity contribution is 5.66. The summed E-state index contributed by atoms with van der Waals surface area (Å²) in [6.07, 6.45) is 24.1. The number of rotatable bonds is 8. The average molecular weight is 617 g/mol. The summed E-state index contributed by atoms with van der Waals surface area (Å²) in [6.45, 7) is 18.3. The number of aliphatic hydroxyl groups excluding tert-OH is 1. The van der Waals surface area contributed by atoms with Crippen molar-refractivity contribution in [2.24, 2.45) is 10.8 Å². The summed E-state index contributed by atoms with van der Waals surface area (Å²) >= 11 is 0. The molecule has 4 rings (SSSR count). The molecular formula is C39H52O6. The van der Waals surface area contributed by atoms with Gasteiger partial charge >= 0.3 is 5.97 Å². The Kier molecular flexibility index (Phi) is 9.97. The van der Waals surface area contributed by atoms with Gasteiger partial charge in [0, 0.05) is 30.8 Å². The van der Waals surface area contributed by atoms with Gasteiger partial charge in [-0.25, -0.2) is 0 Å². The van der Waals surface area contributed by atoms with Crippen molar-refractivity contribution in [1.29, 1.82) is 0 Å². The fraction of sp³-hybridized carbons (Fsp3) is 0.538. The lowest BCUT2D eigenvalue weighted by molar-refractivity contribution is -0.152. The normalized spacial score (nSPS) is 35.4. The van der Waals surface area contributed by atoms with Crippen LogP contribution in [0.25, 0.3) is 0 Å². The second-order valence-corrected chi connectivity index (χ2v) is 15.0. The van der Waals surface area contributed by atoms with Crippen LogP contribution in [-0.4, -0.2) is 51.8 Å². The number of carbonyl (C=O) groups is 1. The number of hydrogen-bond acceptors (Lipinski definition) is 6. The molecule has 1 saturated heterocycles. The molecule has 4 aliphatic rings. The minimum absolute atomic E-state index is 0.134. The zero-order valence-corrected chi connectivity index (χ0v) is 28.6. The van der Waals surface area contributed by atoms with E-state index < -0.39 is 5.60 Å². The van der Waals surface area contributed by atoms with E-state index in [9.17, 15) is 15.0 Å². The Hall–Kier alpha value is -3.15. The number of epoxide rings is 1. The molecule has 2 aliphatic carbocycles. The van der Waals surface area contributed by atoms with Crippen molar-refractivity contribution in [3.63, 3.8) is 0 Å². The van der Waals surface area contributed by atoms with Crippen LogP contribution in [0.2, 0.25) is 0 Å². The minimum atomic E-state index is -1.10. The van der Waals surface area contributed by atoms with Gasteiger partial charge in [0.05, 0.1) is 11.7 Å². The Bertz CT molecular complexity index is 1430. The Morgan fingerprint density at radius 3 is 2.24 bits per heavy atom. The van der Waals surface area contributed by atoms with E-state index in [2.05, 4.69) is 58.6 Å². The molecule has 45 heavy (non-hydrogen) atoms. The van der Waals surface area contributed by atoms with Crippen molar-refractivity contribution in [3.8, 4) is 0 Å². The van der Waals surface area contributed by atoms with Crippen molar-refractivity contribution in [2.75, 3.05) is 6.61 Å². The van der Waals surface area contributed by atoms with E-state index in [0.29, 0.717) is 25.9 Å². The van der Waals surface area contributed by atoms with E-state index in [-0.39, 0.29) is 40.2 Å². The molecule has 0 aromatic heterocycles. The van der Waals surface area contributed by atoms with Crippen LogP contribution in [0.1, 0.15) is 88.0 Å². The van der Waals surface area contributed by atoms with Crippen molar-refractivity contribution < 1.29 is 29.2 Å². The number of carbonyl (C=O) groups excluding carboxylic acids is 1. The highest BCUT2D eigenvalue weighted by atomic mass is 16.6. The van der Waals surface area contributed by atoms with Gasteiger partial charge in [-0.05, 0) is 87.0 Å². The zero-order chi connectivity index (χ0) is 33.3. The Labute approximate surface area is 269 Å². The summed E-state index contributed by atoms with van der Waals surface area (Å²) in [5.41, 5.74) is 5.13. The number of hydrogen-bond donors (Lipinski definition) is 2. The topological polar surface area (TPSA) is 88.5 Å². The SMILES string of the molecule is CC(=O)O[C@H]1CC(C)(C)C(=C=C/C(C)=C/C=C/C=C/C=C(C)/C=C2C=C(/C=C/[C@@]34O[C@]3(C)C[C@@H](O)CC4(C)C)CO/2)[C@](C)(O)C1. The van der Waals surface area contributed by atoms with Crippen molar-refractivity contribution in [3.05, 3.63) is 101 Å². The van der Waals surface area contributed by atoms with Crippen molar-refractivity contribution in [1.82, 2.24) is 0 Å².